The zero-order valence-electron chi connectivity index (χ0n) is 8.24. The van der Waals surface area contributed by atoms with Gasteiger partial charge in [0.15, 0.2) is 0 Å². The second-order valence-corrected chi connectivity index (χ2v) is 5.53. The number of aromatic nitrogens is 2. The minimum Gasteiger partial charge on any atom is -0.334 e. The van der Waals surface area contributed by atoms with Crippen molar-refractivity contribution in [1.29, 1.82) is 0 Å². The highest BCUT2D eigenvalue weighted by molar-refractivity contribution is 6.52. The van der Waals surface area contributed by atoms with Crippen molar-refractivity contribution in [3.05, 3.63) is 36.6 Å². The third-order valence-corrected chi connectivity index (χ3v) is 4.70. The van der Waals surface area contributed by atoms with Crippen molar-refractivity contribution in [3.8, 4) is 5.82 Å². The predicted octanol–water partition coefficient (Wildman–Crippen LogP) is 5.74. The van der Waals surface area contributed by atoms with E-state index >= 15 is 0 Å². The summed E-state index contributed by atoms with van der Waals surface area (Å²) in [4.78, 5) is 0. The topological polar surface area (TPSA) is 9.86 Å². The lowest BCUT2D eigenvalue weighted by atomic mass is 10.6. The van der Waals surface area contributed by atoms with Crippen molar-refractivity contribution < 1.29 is 0 Å². The Kier molecular flexibility index (Phi) is 3.85. The molecule has 0 aliphatic heterocycles. The Bertz CT molecular complexity index is 572. The molecule has 2 aromatic rings. The Hall–Kier alpha value is 0.300. The van der Waals surface area contributed by atoms with Gasteiger partial charge in [0.25, 0.3) is 0 Å². The second-order valence-electron chi connectivity index (χ2n) is 3.27. The summed E-state index contributed by atoms with van der Waals surface area (Å²) >= 11 is 35.9. The molecule has 0 saturated heterocycles. The number of aryl methyl sites for hydroxylation is 1. The van der Waals surface area contributed by atoms with Crippen molar-refractivity contribution in [1.82, 2.24) is 9.13 Å². The van der Waals surface area contributed by atoms with Crippen LogP contribution in [-0.2, 0) is 7.05 Å². The Morgan fingerprint density at radius 1 is 0.824 bits per heavy atom. The Balaban J connectivity index is 2.82. The zero-order chi connectivity index (χ0) is 12.9. The van der Waals surface area contributed by atoms with Crippen LogP contribution in [0.25, 0.3) is 5.82 Å². The molecule has 0 spiro atoms. The SMILES string of the molecule is Cn1cc(Cl)c(Cl)c1-n1c(Cl)c(Cl)c(Cl)c1Cl. The molecule has 0 unspecified atom stereocenters. The fourth-order valence-corrected chi connectivity index (χ4v) is 2.96. The van der Waals surface area contributed by atoms with E-state index in [-0.39, 0.29) is 20.4 Å². The van der Waals surface area contributed by atoms with Gasteiger partial charge in [-0.05, 0) is 0 Å². The van der Waals surface area contributed by atoms with Gasteiger partial charge < -0.3 is 4.57 Å². The van der Waals surface area contributed by atoms with E-state index in [1.807, 2.05) is 0 Å². The summed E-state index contributed by atoms with van der Waals surface area (Å²) < 4.78 is 3.11. The summed E-state index contributed by atoms with van der Waals surface area (Å²) in [6, 6.07) is 0. The predicted molar refractivity (Wildman–Crippen MR) is 74.8 cm³/mol. The summed E-state index contributed by atoms with van der Waals surface area (Å²) in [5.41, 5.74) is 0. The minimum atomic E-state index is 0.173. The first-order valence-corrected chi connectivity index (χ1v) is 6.54. The van der Waals surface area contributed by atoms with Crippen LogP contribution in [0.2, 0.25) is 30.4 Å². The highest BCUT2D eigenvalue weighted by atomic mass is 35.5. The summed E-state index contributed by atoms with van der Waals surface area (Å²) in [5, 5.41) is 1.42. The molecule has 2 rings (SSSR count). The zero-order valence-corrected chi connectivity index (χ0v) is 12.8. The summed E-state index contributed by atoms with van der Waals surface area (Å²) in [6.45, 7) is 0. The summed E-state index contributed by atoms with van der Waals surface area (Å²) in [6.07, 6.45) is 1.63. The van der Waals surface area contributed by atoms with Crippen LogP contribution >= 0.6 is 69.6 Å². The monoisotopic (exact) mass is 350 g/mol. The Morgan fingerprint density at radius 2 is 1.29 bits per heavy atom. The van der Waals surface area contributed by atoms with E-state index in [1.165, 1.54) is 4.57 Å². The average Bonchev–Trinajstić information content (AvgIpc) is 2.61. The van der Waals surface area contributed by atoms with Gasteiger partial charge in [-0.1, -0.05) is 69.6 Å². The van der Waals surface area contributed by atoms with Crippen LogP contribution < -0.4 is 0 Å². The van der Waals surface area contributed by atoms with E-state index in [1.54, 1.807) is 17.8 Å². The van der Waals surface area contributed by atoms with Gasteiger partial charge in [-0.15, -0.1) is 0 Å². The lowest BCUT2D eigenvalue weighted by Gasteiger charge is -2.08. The summed E-state index contributed by atoms with van der Waals surface area (Å²) in [7, 11) is 1.75. The number of hydrogen-bond donors (Lipinski definition) is 0. The van der Waals surface area contributed by atoms with Crippen molar-refractivity contribution >= 4 is 69.6 Å². The van der Waals surface area contributed by atoms with Crippen molar-refractivity contribution in [3.63, 3.8) is 0 Å². The molecule has 0 aliphatic carbocycles. The molecule has 92 valence electrons. The van der Waals surface area contributed by atoms with Crippen molar-refractivity contribution in [2.45, 2.75) is 0 Å². The van der Waals surface area contributed by atoms with Crippen LogP contribution in [0.15, 0.2) is 6.20 Å². The van der Waals surface area contributed by atoms with E-state index in [4.69, 9.17) is 69.6 Å². The first-order chi connectivity index (χ1) is 7.86. The molecule has 0 saturated carbocycles. The lowest BCUT2D eigenvalue weighted by molar-refractivity contribution is 0.848. The molecular weight excluding hydrogens is 349 g/mol. The quantitative estimate of drug-likeness (QED) is 0.619. The van der Waals surface area contributed by atoms with Gasteiger partial charge >= 0.3 is 0 Å². The van der Waals surface area contributed by atoms with E-state index in [9.17, 15) is 0 Å². The van der Waals surface area contributed by atoms with Crippen LogP contribution in [0.3, 0.4) is 0 Å². The molecule has 2 heterocycles. The van der Waals surface area contributed by atoms with E-state index in [0.717, 1.165) is 0 Å². The summed E-state index contributed by atoms with van der Waals surface area (Å²) in [5.74, 6) is 0.500. The largest absolute Gasteiger partial charge is 0.334 e. The molecule has 0 aliphatic rings. The van der Waals surface area contributed by atoms with Gasteiger partial charge in [0.05, 0.1) is 15.1 Å². The van der Waals surface area contributed by atoms with Gasteiger partial charge in [-0.25, -0.2) is 0 Å². The van der Waals surface area contributed by atoms with Crippen LogP contribution in [0.1, 0.15) is 0 Å². The van der Waals surface area contributed by atoms with Crippen LogP contribution in [0.5, 0.6) is 0 Å². The van der Waals surface area contributed by atoms with Crippen LogP contribution in [0.4, 0.5) is 0 Å². The highest BCUT2D eigenvalue weighted by Gasteiger charge is 2.23. The van der Waals surface area contributed by atoms with Crippen LogP contribution in [-0.4, -0.2) is 9.13 Å². The fourth-order valence-electron chi connectivity index (χ4n) is 1.45. The molecule has 0 aromatic carbocycles. The number of nitrogens with zero attached hydrogens (tertiary/aromatic N) is 2. The molecule has 0 atom stereocenters. The molecule has 0 bridgehead atoms. The molecule has 17 heavy (non-hydrogen) atoms. The van der Waals surface area contributed by atoms with Gasteiger partial charge in [-0.3, -0.25) is 4.57 Å². The maximum Gasteiger partial charge on any atom is 0.139 e. The maximum atomic E-state index is 6.08. The van der Waals surface area contributed by atoms with Crippen molar-refractivity contribution in [2.24, 2.45) is 7.05 Å². The van der Waals surface area contributed by atoms with Gasteiger partial charge in [0, 0.05) is 13.2 Å². The molecule has 0 radical (unpaired) electrons. The van der Waals surface area contributed by atoms with E-state index in [2.05, 4.69) is 0 Å². The molecule has 0 N–H and O–H groups in total. The lowest BCUT2D eigenvalue weighted by Crippen LogP contribution is -2.01. The van der Waals surface area contributed by atoms with E-state index < -0.39 is 0 Å². The normalized spacial score (nSPS) is 11.2. The Labute approximate surface area is 128 Å². The molecule has 8 heteroatoms. The standard InChI is InChI=1S/C9H4Cl6N2/c1-16-2-3(10)4(11)9(16)17-7(14)5(12)6(13)8(17)15/h2H,1H3. The Morgan fingerprint density at radius 3 is 1.65 bits per heavy atom. The second kappa shape index (κ2) is 4.76. The first kappa shape index (κ1) is 13.7. The number of hydrogen-bond acceptors (Lipinski definition) is 0. The average molecular weight is 353 g/mol. The molecular formula is C9H4Cl6N2. The van der Waals surface area contributed by atoms with Gasteiger partial charge in [-0.2, -0.15) is 0 Å². The smallest absolute Gasteiger partial charge is 0.139 e. The molecule has 0 fully saturated rings. The third-order valence-electron chi connectivity index (χ3n) is 2.21. The maximum absolute atomic E-state index is 6.08. The third kappa shape index (κ3) is 2.05. The molecule has 2 nitrogen and oxygen atoms in total. The van der Waals surface area contributed by atoms with E-state index in [0.29, 0.717) is 15.9 Å². The fraction of sp³-hybridized carbons (Fsp3) is 0.111. The van der Waals surface area contributed by atoms with Gasteiger partial charge in [0.2, 0.25) is 0 Å². The molecule has 0 amide bonds. The van der Waals surface area contributed by atoms with Crippen molar-refractivity contribution in [2.75, 3.05) is 0 Å². The van der Waals surface area contributed by atoms with Gasteiger partial charge in [0.1, 0.15) is 21.1 Å². The number of halogens is 6. The van der Waals surface area contributed by atoms with Crippen LogP contribution in [0, 0.1) is 0 Å². The highest BCUT2D eigenvalue weighted by Crippen LogP contribution is 2.43. The minimum absolute atomic E-state index is 0.173. The molecule has 2 aromatic heterocycles. The number of rotatable bonds is 1. The first-order valence-electron chi connectivity index (χ1n) is 4.27.